The van der Waals surface area contributed by atoms with Crippen LogP contribution in [-0.4, -0.2) is 69.2 Å². The maximum Gasteiger partial charge on any atom is 0.412 e. The fraction of sp³-hybridized carbons (Fsp3) is 0.333. The number of carbonyl (C=O) groups is 2. The third kappa shape index (κ3) is 6.54. The molecule has 3 atom stereocenters. The third-order valence-corrected chi connectivity index (χ3v) is 8.91. The molecule has 6 rings (SSSR count). The molecule has 5 aromatic rings. The summed E-state index contributed by atoms with van der Waals surface area (Å²) in [5.41, 5.74) is 4.27. The second kappa shape index (κ2) is 12.8. The molecule has 0 bridgehead atoms. The van der Waals surface area contributed by atoms with Crippen molar-refractivity contribution >= 4 is 50.3 Å². The lowest BCUT2D eigenvalue weighted by Crippen LogP contribution is -2.32. The Morgan fingerprint density at radius 2 is 1.89 bits per heavy atom. The molecule has 46 heavy (non-hydrogen) atoms. The zero-order valence-electron chi connectivity index (χ0n) is 26.0. The lowest BCUT2D eigenvalue weighted by molar-refractivity contribution is 0.0402. The SMILES string of the molecule is COc1cnc2c(-c3nc4cc(F)c(O[C@@H](C)[C@@H](C)OC(=O)Nc5ccc(C(=O)N6CC[C@H](C)C6)nc5)cc4s3)cc(C)cc2n1. The van der Waals surface area contributed by atoms with Gasteiger partial charge in [-0.15, -0.1) is 11.3 Å². The number of carbonyl (C=O) groups excluding carboxylic acids is 2. The van der Waals surface area contributed by atoms with Crippen molar-refractivity contribution in [2.75, 3.05) is 25.5 Å². The molecular formula is C33H33FN6O5S. The first-order chi connectivity index (χ1) is 22.1. The van der Waals surface area contributed by atoms with E-state index in [-0.39, 0.29) is 11.7 Å². The molecule has 0 saturated carbocycles. The van der Waals surface area contributed by atoms with Crippen molar-refractivity contribution in [3.63, 3.8) is 0 Å². The van der Waals surface area contributed by atoms with Gasteiger partial charge in [0.15, 0.2) is 11.6 Å². The van der Waals surface area contributed by atoms with E-state index in [9.17, 15) is 9.59 Å². The van der Waals surface area contributed by atoms with Crippen molar-refractivity contribution in [1.29, 1.82) is 0 Å². The number of rotatable bonds is 8. The van der Waals surface area contributed by atoms with Gasteiger partial charge in [-0.2, -0.15) is 0 Å². The topological polar surface area (TPSA) is 129 Å². The predicted octanol–water partition coefficient (Wildman–Crippen LogP) is 6.64. The Balaban J connectivity index is 1.11. The first kappa shape index (κ1) is 31.1. The second-order valence-electron chi connectivity index (χ2n) is 11.5. The molecule has 2 aromatic carbocycles. The van der Waals surface area contributed by atoms with E-state index in [1.54, 1.807) is 43.1 Å². The number of nitrogens with one attached hydrogen (secondary N) is 1. The first-order valence-electron chi connectivity index (χ1n) is 14.9. The van der Waals surface area contributed by atoms with Crippen LogP contribution in [0.1, 0.15) is 43.2 Å². The van der Waals surface area contributed by atoms with Crippen LogP contribution in [0.15, 0.2) is 48.8 Å². The number of ether oxygens (including phenoxy) is 3. The molecule has 1 N–H and O–H groups in total. The smallest absolute Gasteiger partial charge is 0.412 e. The van der Waals surface area contributed by atoms with E-state index < -0.39 is 24.1 Å². The maximum absolute atomic E-state index is 15.2. The zero-order chi connectivity index (χ0) is 32.5. The number of benzene rings is 2. The number of aromatic nitrogens is 4. The largest absolute Gasteiger partial charge is 0.484 e. The number of amides is 2. The quantitative estimate of drug-likeness (QED) is 0.198. The van der Waals surface area contributed by atoms with Crippen molar-refractivity contribution in [2.24, 2.45) is 5.92 Å². The highest BCUT2D eigenvalue weighted by molar-refractivity contribution is 7.21. The molecule has 11 nitrogen and oxygen atoms in total. The van der Waals surface area contributed by atoms with Gasteiger partial charge in [-0.1, -0.05) is 6.92 Å². The van der Waals surface area contributed by atoms with Gasteiger partial charge >= 0.3 is 6.09 Å². The summed E-state index contributed by atoms with van der Waals surface area (Å²) in [7, 11) is 1.54. The molecule has 1 saturated heterocycles. The van der Waals surface area contributed by atoms with E-state index in [1.807, 2.05) is 19.1 Å². The van der Waals surface area contributed by atoms with Gasteiger partial charge in [-0.05, 0) is 62.9 Å². The van der Waals surface area contributed by atoms with Crippen LogP contribution in [0.4, 0.5) is 14.9 Å². The molecule has 0 spiro atoms. The van der Waals surface area contributed by atoms with Gasteiger partial charge in [0, 0.05) is 30.8 Å². The molecule has 238 valence electrons. The molecular weight excluding hydrogens is 611 g/mol. The van der Waals surface area contributed by atoms with E-state index in [2.05, 4.69) is 32.2 Å². The highest BCUT2D eigenvalue weighted by atomic mass is 32.1. The summed E-state index contributed by atoms with van der Waals surface area (Å²) in [6, 6.07) is 9.99. The molecule has 1 fully saturated rings. The molecule has 2 amide bonds. The summed E-state index contributed by atoms with van der Waals surface area (Å²) in [5, 5.41) is 3.28. The van der Waals surface area contributed by atoms with Gasteiger partial charge in [0.05, 0.1) is 46.4 Å². The molecule has 0 aliphatic carbocycles. The summed E-state index contributed by atoms with van der Waals surface area (Å²) < 4.78 is 32.5. The van der Waals surface area contributed by atoms with Crippen LogP contribution in [-0.2, 0) is 4.74 Å². The average molecular weight is 645 g/mol. The summed E-state index contributed by atoms with van der Waals surface area (Å²) >= 11 is 1.38. The standard InChI is InChI=1S/C33H33FN6O5S/c1-17-8-9-40(16-17)32(41)24-7-6-21(14-35-24)37-33(42)45-20(4)19(3)44-27-13-28-25(12-23(27)34)39-31(46-28)22-10-18(2)11-26-30(22)36-15-29(38-26)43-5/h6-7,10-15,17,19-20H,8-9,16H2,1-5H3,(H,37,42)/t17-,19-,20+/m0/s1. The fourth-order valence-electron chi connectivity index (χ4n) is 5.23. The van der Waals surface area contributed by atoms with Crippen molar-refractivity contribution in [3.8, 4) is 22.2 Å². The Hall–Kier alpha value is -4.91. The summed E-state index contributed by atoms with van der Waals surface area (Å²) in [4.78, 5) is 44.9. The summed E-state index contributed by atoms with van der Waals surface area (Å²) in [6.07, 6.45) is 1.80. The Morgan fingerprint density at radius 3 is 2.61 bits per heavy atom. The zero-order valence-corrected chi connectivity index (χ0v) is 26.9. The van der Waals surface area contributed by atoms with Gasteiger partial charge in [0.1, 0.15) is 22.9 Å². The van der Waals surface area contributed by atoms with Crippen molar-refractivity contribution in [3.05, 3.63) is 65.9 Å². The number of fused-ring (bicyclic) bond motifs is 2. The summed E-state index contributed by atoms with van der Waals surface area (Å²) in [5.74, 6) is 0.183. The lowest BCUT2D eigenvalue weighted by Gasteiger charge is -2.22. The Labute approximate surface area is 268 Å². The molecule has 4 heterocycles. The molecule has 1 aliphatic rings. The normalized spacial score (nSPS) is 16.0. The number of methoxy groups -OCH3 is 1. The maximum atomic E-state index is 15.2. The minimum Gasteiger partial charge on any atom is -0.484 e. The Morgan fingerprint density at radius 1 is 1.07 bits per heavy atom. The molecule has 3 aromatic heterocycles. The second-order valence-corrected chi connectivity index (χ2v) is 12.5. The van der Waals surface area contributed by atoms with E-state index in [0.717, 1.165) is 22.2 Å². The van der Waals surface area contributed by atoms with Crippen LogP contribution in [0.2, 0.25) is 0 Å². The third-order valence-electron chi connectivity index (χ3n) is 7.86. The van der Waals surface area contributed by atoms with Gasteiger partial charge in [0.2, 0.25) is 5.88 Å². The number of anilines is 1. The van der Waals surface area contributed by atoms with Crippen LogP contribution in [0.3, 0.4) is 0 Å². The number of pyridine rings is 1. The monoisotopic (exact) mass is 644 g/mol. The highest BCUT2D eigenvalue weighted by Crippen LogP contribution is 2.37. The average Bonchev–Trinajstić information content (AvgIpc) is 3.66. The van der Waals surface area contributed by atoms with Gasteiger partial charge in [-0.25, -0.2) is 29.1 Å². The van der Waals surface area contributed by atoms with Crippen LogP contribution < -0.4 is 14.8 Å². The molecule has 0 radical (unpaired) electrons. The van der Waals surface area contributed by atoms with Crippen molar-refractivity contribution in [1.82, 2.24) is 24.8 Å². The number of likely N-dealkylation sites (tertiary alicyclic amines) is 1. The predicted molar refractivity (Wildman–Crippen MR) is 173 cm³/mol. The number of halogens is 1. The first-order valence-corrected chi connectivity index (χ1v) is 15.7. The van der Waals surface area contributed by atoms with Gasteiger partial charge in [-0.3, -0.25) is 10.1 Å². The van der Waals surface area contributed by atoms with Gasteiger partial charge in [0.25, 0.3) is 5.91 Å². The molecule has 13 heteroatoms. The minimum absolute atomic E-state index is 0.0153. The number of thiazole rings is 1. The number of aryl methyl sites for hydroxylation is 1. The van der Waals surface area contributed by atoms with Crippen molar-refractivity contribution < 1.29 is 28.2 Å². The summed E-state index contributed by atoms with van der Waals surface area (Å²) in [6.45, 7) is 8.84. The van der Waals surface area contributed by atoms with Gasteiger partial charge < -0.3 is 19.1 Å². The van der Waals surface area contributed by atoms with Crippen molar-refractivity contribution in [2.45, 2.75) is 46.3 Å². The lowest BCUT2D eigenvalue weighted by atomic mass is 10.1. The fourth-order valence-corrected chi connectivity index (χ4v) is 6.22. The van der Waals surface area contributed by atoms with Crippen LogP contribution in [0.5, 0.6) is 11.6 Å². The minimum atomic E-state index is -0.730. The molecule has 1 aliphatic heterocycles. The van der Waals surface area contributed by atoms with Crippen LogP contribution in [0.25, 0.3) is 31.8 Å². The Kier molecular flexibility index (Phi) is 8.67. The van der Waals surface area contributed by atoms with E-state index >= 15 is 4.39 Å². The Bertz CT molecular complexity index is 1930. The van der Waals surface area contributed by atoms with Crippen LogP contribution in [0, 0.1) is 18.7 Å². The van der Waals surface area contributed by atoms with E-state index in [0.29, 0.717) is 57.8 Å². The van der Waals surface area contributed by atoms with Crippen LogP contribution >= 0.6 is 11.3 Å². The van der Waals surface area contributed by atoms with E-state index in [4.69, 9.17) is 14.2 Å². The highest BCUT2D eigenvalue weighted by Gasteiger charge is 2.25. The number of hydrogen-bond donors (Lipinski definition) is 1. The number of hydrogen-bond acceptors (Lipinski definition) is 10. The molecule has 0 unspecified atom stereocenters. The number of nitrogens with zero attached hydrogens (tertiary/aromatic N) is 5. The van der Waals surface area contributed by atoms with E-state index in [1.165, 1.54) is 30.7 Å².